The highest BCUT2D eigenvalue weighted by atomic mass is 16.4. The number of carbonyl (C=O) groups is 1. The molecule has 0 radical (unpaired) electrons. The van der Waals surface area contributed by atoms with E-state index in [9.17, 15) is 4.79 Å². The zero-order valence-corrected chi connectivity index (χ0v) is 10.6. The lowest BCUT2D eigenvalue weighted by atomic mass is 10.3. The first-order valence-corrected chi connectivity index (χ1v) is 5.84. The van der Waals surface area contributed by atoms with Crippen molar-refractivity contribution in [3.8, 4) is 0 Å². The van der Waals surface area contributed by atoms with Crippen LogP contribution in [0.4, 0.5) is 0 Å². The molecule has 7 nitrogen and oxygen atoms in total. The first kappa shape index (κ1) is 17.5. The van der Waals surface area contributed by atoms with Gasteiger partial charge in [-0.15, -0.1) is 0 Å². The van der Waals surface area contributed by atoms with E-state index in [1.54, 1.807) is 11.0 Å². The van der Waals surface area contributed by atoms with Crippen LogP contribution in [0.15, 0.2) is 24.5 Å². The average molecular weight is 272 g/mol. The molecule has 7 heteroatoms. The molecule has 0 saturated carbocycles. The van der Waals surface area contributed by atoms with E-state index < -0.39 is 5.97 Å². The Bertz CT molecular complexity index is 320. The topological polar surface area (TPSA) is 114 Å². The van der Waals surface area contributed by atoms with Crippen molar-refractivity contribution in [3.63, 3.8) is 0 Å². The zero-order valence-electron chi connectivity index (χ0n) is 10.6. The highest BCUT2D eigenvalue weighted by molar-refractivity contribution is 5.86. The summed E-state index contributed by atoms with van der Waals surface area (Å²) in [6.45, 7) is 1.75. The Kier molecular flexibility index (Phi) is 10.6. The third kappa shape index (κ3) is 9.09. The van der Waals surface area contributed by atoms with Crippen LogP contribution in [0.2, 0.25) is 0 Å². The molecule has 0 aromatic carbocycles. The van der Waals surface area contributed by atoms with Crippen LogP contribution in [0.5, 0.6) is 0 Å². The summed E-state index contributed by atoms with van der Waals surface area (Å²) in [5.41, 5.74) is 0.220. The van der Waals surface area contributed by atoms with Crippen LogP contribution in [0.25, 0.3) is 0 Å². The molecule has 0 spiro atoms. The van der Waals surface area contributed by atoms with Crippen molar-refractivity contribution in [2.75, 3.05) is 39.5 Å². The van der Waals surface area contributed by atoms with Gasteiger partial charge < -0.3 is 20.4 Å². The van der Waals surface area contributed by atoms with Gasteiger partial charge in [0.05, 0.1) is 25.4 Å². The van der Waals surface area contributed by atoms with Crippen LogP contribution >= 0.6 is 0 Å². The number of hydrogen-bond donors (Lipinski definition) is 4. The lowest BCUT2D eigenvalue weighted by molar-refractivity contribution is 0.0696. The van der Waals surface area contributed by atoms with Crippen molar-refractivity contribution in [1.29, 1.82) is 0 Å². The number of pyridine rings is 1. The number of nitrogens with zero attached hydrogens (tertiary/aromatic N) is 2. The van der Waals surface area contributed by atoms with Gasteiger partial charge in [0.15, 0.2) is 0 Å². The number of aliphatic hydroxyl groups is 3. The Labute approximate surface area is 111 Å². The number of hydrogen-bond acceptors (Lipinski definition) is 6. The predicted molar refractivity (Wildman–Crippen MR) is 68.9 cm³/mol. The normalized spacial score (nSPS) is 9.89. The number of aliphatic hydroxyl groups excluding tert-OH is 3. The van der Waals surface area contributed by atoms with Crippen LogP contribution in [0.3, 0.4) is 0 Å². The summed E-state index contributed by atoms with van der Waals surface area (Å²) in [6.07, 6.45) is 2.84. The number of aromatic nitrogens is 1. The quantitative estimate of drug-likeness (QED) is 0.505. The van der Waals surface area contributed by atoms with Gasteiger partial charge in [0, 0.05) is 32.0 Å². The molecule has 0 bridgehead atoms. The fourth-order valence-electron chi connectivity index (χ4n) is 1.25. The van der Waals surface area contributed by atoms with Crippen molar-refractivity contribution < 1.29 is 25.2 Å². The predicted octanol–water partition coefficient (Wildman–Crippen LogP) is -0.955. The summed E-state index contributed by atoms with van der Waals surface area (Å²) >= 11 is 0. The fourth-order valence-corrected chi connectivity index (χ4v) is 1.25. The number of carboxylic acid groups (broad SMARTS) is 1. The molecule has 19 heavy (non-hydrogen) atoms. The molecule has 1 aromatic rings. The molecule has 0 amide bonds. The summed E-state index contributed by atoms with van der Waals surface area (Å²) < 4.78 is 0. The SMILES string of the molecule is O=C(O)c1cccnc1.OCCN(CCO)CCO. The van der Waals surface area contributed by atoms with E-state index in [0.29, 0.717) is 19.6 Å². The Hall–Kier alpha value is -1.54. The molecule has 0 aliphatic carbocycles. The van der Waals surface area contributed by atoms with Gasteiger partial charge in [-0.3, -0.25) is 9.88 Å². The number of aromatic carboxylic acids is 1. The van der Waals surface area contributed by atoms with Gasteiger partial charge in [-0.05, 0) is 12.1 Å². The molecule has 0 aliphatic rings. The van der Waals surface area contributed by atoms with Crippen molar-refractivity contribution >= 4 is 5.97 Å². The van der Waals surface area contributed by atoms with E-state index in [4.69, 9.17) is 20.4 Å². The number of carboxylic acids is 1. The first-order valence-electron chi connectivity index (χ1n) is 5.84. The van der Waals surface area contributed by atoms with Gasteiger partial charge in [0.1, 0.15) is 0 Å². The van der Waals surface area contributed by atoms with Crippen molar-refractivity contribution in [1.82, 2.24) is 9.88 Å². The van der Waals surface area contributed by atoms with Gasteiger partial charge in [0.25, 0.3) is 0 Å². The minimum Gasteiger partial charge on any atom is -0.478 e. The summed E-state index contributed by atoms with van der Waals surface area (Å²) in [5, 5.41) is 33.8. The zero-order chi connectivity index (χ0) is 14.5. The van der Waals surface area contributed by atoms with Gasteiger partial charge in [0.2, 0.25) is 0 Å². The molecule has 1 aromatic heterocycles. The van der Waals surface area contributed by atoms with E-state index >= 15 is 0 Å². The molecule has 0 aliphatic heterocycles. The minimum absolute atomic E-state index is 0.0694. The summed E-state index contributed by atoms with van der Waals surface area (Å²) in [4.78, 5) is 15.6. The third-order valence-corrected chi connectivity index (χ3v) is 2.16. The summed E-state index contributed by atoms with van der Waals surface area (Å²) in [6, 6.07) is 3.08. The van der Waals surface area contributed by atoms with Gasteiger partial charge in [-0.25, -0.2) is 4.79 Å². The van der Waals surface area contributed by atoms with Crippen LogP contribution in [-0.4, -0.2) is 75.7 Å². The van der Waals surface area contributed by atoms with Crippen molar-refractivity contribution in [3.05, 3.63) is 30.1 Å². The lowest BCUT2D eigenvalue weighted by Crippen LogP contribution is -2.32. The first-order chi connectivity index (χ1) is 9.15. The molecule has 0 unspecified atom stereocenters. The Balaban J connectivity index is 0.000000342. The highest BCUT2D eigenvalue weighted by Crippen LogP contribution is 1.92. The molecular formula is C12H20N2O5. The molecular weight excluding hydrogens is 252 g/mol. The van der Waals surface area contributed by atoms with Crippen LogP contribution in [0.1, 0.15) is 10.4 Å². The van der Waals surface area contributed by atoms with Crippen molar-refractivity contribution in [2.45, 2.75) is 0 Å². The van der Waals surface area contributed by atoms with Gasteiger partial charge in [-0.2, -0.15) is 0 Å². The molecule has 1 heterocycles. The highest BCUT2D eigenvalue weighted by Gasteiger charge is 2.00. The standard InChI is InChI=1S/C6H15NO3.C6H5NO2/c8-4-1-7(2-5-9)3-6-10;8-6(9)5-2-1-3-7-4-5/h8-10H,1-6H2;1-4H,(H,8,9). The molecule has 0 saturated heterocycles. The van der Waals surface area contributed by atoms with Crippen LogP contribution in [-0.2, 0) is 0 Å². The molecule has 0 fully saturated rings. The lowest BCUT2D eigenvalue weighted by Gasteiger charge is -2.17. The Morgan fingerprint density at radius 2 is 1.63 bits per heavy atom. The smallest absolute Gasteiger partial charge is 0.337 e. The Morgan fingerprint density at radius 1 is 1.11 bits per heavy atom. The second kappa shape index (κ2) is 11.5. The summed E-state index contributed by atoms with van der Waals surface area (Å²) in [5.74, 6) is -0.942. The van der Waals surface area contributed by atoms with Crippen LogP contribution < -0.4 is 0 Å². The monoisotopic (exact) mass is 272 g/mol. The number of rotatable bonds is 7. The largest absolute Gasteiger partial charge is 0.478 e. The van der Waals surface area contributed by atoms with Crippen molar-refractivity contribution in [2.24, 2.45) is 0 Å². The fraction of sp³-hybridized carbons (Fsp3) is 0.500. The van der Waals surface area contributed by atoms with E-state index in [2.05, 4.69) is 4.98 Å². The maximum absolute atomic E-state index is 10.2. The van der Waals surface area contributed by atoms with E-state index in [1.807, 2.05) is 0 Å². The van der Waals surface area contributed by atoms with E-state index in [1.165, 1.54) is 18.5 Å². The van der Waals surface area contributed by atoms with Gasteiger partial charge >= 0.3 is 5.97 Å². The second-order valence-electron chi connectivity index (χ2n) is 3.56. The maximum atomic E-state index is 10.2. The molecule has 0 atom stereocenters. The summed E-state index contributed by atoms with van der Waals surface area (Å²) in [7, 11) is 0. The van der Waals surface area contributed by atoms with E-state index in [0.717, 1.165) is 0 Å². The molecule has 108 valence electrons. The second-order valence-corrected chi connectivity index (χ2v) is 3.56. The van der Waals surface area contributed by atoms with E-state index in [-0.39, 0.29) is 25.4 Å². The van der Waals surface area contributed by atoms with Gasteiger partial charge in [-0.1, -0.05) is 0 Å². The minimum atomic E-state index is -0.942. The molecule has 4 N–H and O–H groups in total. The maximum Gasteiger partial charge on any atom is 0.337 e. The third-order valence-electron chi connectivity index (χ3n) is 2.16. The van der Waals surface area contributed by atoms with Crippen LogP contribution in [0, 0.1) is 0 Å². The average Bonchev–Trinajstić information content (AvgIpc) is 2.41. The molecule has 1 rings (SSSR count). The Morgan fingerprint density at radius 3 is 1.89 bits per heavy atom.